The Labute approximate surface area is 167 Å². The van der Waals surface area contributed by atoms with Gasteiger partial charge in [-0.3, -0.25) is 0 Å². The highest BCUT2D eigenvalue weighted by atomic mass is 32.2. The smallest absolute Gasteiger partial charge is 0.239 e. The first kappa shape index (κ1) is 20.6. The molecule has 4 aromatic rings. The number of nitrogens with two attached hydrogens (primary N) is 2. The minimum absolute atomic E-state index is 0.00176. The molecule has 0 amide bonds. The summed E-state index contributed by atoms with van der Waals surface area (Å²) in [4.78, 5) is 7.92. The van der Waals surface area contributed by atoms with Crippen molar-refractivity contribution in [2.45, 2.75) is 6.92 Å². The molecule has 2 heterocycles. The van der Waals surface area contributed by atoms with Gasteiger partial charge in [0.1, 0.15) is 0 Å². The zero-order chi connectivity index (χ0) is 21.6. The Bertz CT molecular complexity index is 1440. The molecule has 0 aliphatic rings. The van der Waals surface area contributed by atoms with E-state index in [1.807, 2.05) is 13.0 Å². The molecular weight excluding hydrogens is 416 g/mol. The summed E-state index contributed by atoms with van der Waals surface area (Å²) in [6, 6.07) is 12.3. The van der Waals surface area contributed by atoms with E-state index in [2.05, 4.69) is 9.97 Å². The van der Waals surface area contributed by atoms with Crippen molar-refractivity contribution in [2.24, 2.45) is 0 Å². The highest BCUT2D eigenvalue weighted by molar-refractivity contribution is 7.89. The van der Waals surface area contributed by atoms with Crippen LogP contribution in [0, 0.1) is 6.92 Å². The average Bonchev–Trinajstić information content (AvgIpc) is 3.09. The Morgan fingerprint density at radius 2 is 1.24 bits per heavy atom. The van der Waals surface area contributed by atoms with Crippen molar-refractivity contribution in [1.82, 2.24) is 17.9 Å². The van der Waals surface area contributed by atoms with Gasteiger partial charge in [-0.25, -0.2) is 34.7 Å². The van der Waals surface area contributed by atoms with Gasteiger partial charge in [-0.15, -0.1) is 0 Å². The highest BCUT2D eigenvalue weighted by Gasteiger charge is 2.16. The Morgan fingerprint density at radius 1 is 0.759 bits per heavy atom. The molecule has 12 heteroatoms. The standard InChI is InChI=1S/C9H11N3O2S.C8H9N3O2S/c1-6-3-4-7-8(5-6)12(9(10)11-7)15(2,13)14;1-14(12,13)11-7-5-3-2-4-6(7)10-8(11)9/h3-5H,1-2H3,(H2,10,11);2-5H,1H3,(H2,9,10). The third-order valence-corrected chi connectivity index (χ3v) is 6.09. The highest BCUT2D eigenvalue weighted by Crippen LogP contribution is 2.21. The van der Waals surface area contributed by atoms with Crippen LogP contribution in [0.2, 0.25) is 0 Å². The lowest BCUT2D eigenvalue weighted by Gasteiger charge is -2.02. The fourth-order valence-electron chi connectivity index (χ4n) is 2.90. The summed E-state index contributed by atoms with van der Waals surface area (Å²) in [7, 11) is -6.79. The summed E-state index contributed by atoms with van der Waals surface area (Å²) in [5, 5.41) is 0. The molecular formula is C17H20N6O4S2. The number of aryl methyl sites for hydroxylation is 1. The normalized spacial score (nSPS) is 12.1. The van der Waals surface area contributed by atoms with Crippen LogP contribution in [0.4, 0.5) is 11.9 Å². The average molecular weight is 437 g/mol. The molecule has 2 aromatic heterocycles. The van der Waals surface area contributed by atoms with Gasteiger partial charge < -0.3 is 11.5 Å². The molecule has 0 atom stereocenters. The van der Waals surface area contributed by atoms with E-state index in [0.29, 0.717) is 22.1 Å². The van der Waals surface area contributed by atoms with Crippen molar-refractivity contribution in [3.63, 3.8) is 0 Å². The van der Waals surface area contributed by atoms with Crippen molar-refractivity contribution in [1.29, 1.82) is 0 Å². The van der Waals surface area contributed by atoms with Crippen LogP contribution in [-0.4, -0.2) is 47.3 Å². The topological polar surface area (TPSA) is 156 Å². The van der Waals surface area contributed by atoms with E-state index in [4.69, 9.17) is 11.5 Å². The van der Waals surface area contributed by atoms with E-state index in [1.165, 1.54) is 0 Å². The Balaban J connectivity index is 0.000000166. The number of benzene rings is 2. The molecule has 0 spiro atoms. The van der Waals surface area contributed by atoms with Gasteiger partial charge >= 0.3 is 0 Å². The van der Waals surface area contributed by atoms with Gasteiger partial charge in [0.2, 0.25) is 31.9 Å². The maximum absolute atomic E-state index is 11.5. The number of nitrogen functional groups attached to an aromatic ring is 2. The molecule has 0 bridgehead atoms. The fourth-order valence-corrected chi connectivity index (χ4v) is 4.68. The number of nitrogens with zero attached hydrogens (tertiary/aromatic N) is 4. The van der Waals surface area contributed by atoms with Crippen LogP contribution in [0.25, 0.3) is 22.1 Å². The SMILES string of the molecule is CS(=O)(=O)n1c(N)nc2ccccc21.Cc1ccc2nc(N)n(S(C)(=O)=O)c2c1. The van der Waals surface area contributed by atoms with Crippen LogP contribution >= 0.6 is 0 Å². The van der Waals surface area contributed by atoms with Crippen LogP contribution in [0.1, 0.15) is 5.56 Å². The second kappa shape index (κ2) is 7.04. The van der Waals surface area contributed by atoms with Crippen LogP contribution in [0.3, 0.4) is 0 Å². The quantitative estimate of drug-likeness (QED) is 0.474. The van der Waals surface area contributed by atoms with Gasteiger partial charge in [0.05, 0.1) is 34.6 Å². The van der Waals surface area contributed by atoms with Crippen molar-refractivity contribution >= 4 is 54.0 Å². The molecule has 4 rings (SSSR count). The van der Waals surface area contributed by atoms with Gasteiger partial charge in [-0.2, -0.15) is 0 Å². The fraction of sp³-hybridized carbons (Fsp3) is 0.176. The molecule has 0 aliphatic heterocycles. The van der Waals surface area contributed by atoms with Crippen molar-refractivity contribution in [2.75, 3.05) is 24.0 Å². The zero-order valence-corrected chi connectivity index (χ0v) is 17.6. The van der Waals surface area contributed by atoms with E-state index in [0.717, 1.165) is 26.0 Å². The molecule has 0 aliphatic carbocycles. The number of hydrogen-bond acceptors (Lipinski definition) is 8. The number of aromatic nitrogens is 4. The van der Waals surface area contributed by atoms with Crippen LogP contribution in [-0.2, 0) is 20.0 Å². The van der Waals surface area contributed by atoms with E-state index >= 15 is 0 Å². The second-order valence-corrected chi connectivity index (χ2v) is 10.1. The number of rotatable bonds is 2. The minimum Gasteiger partial charge on any atom is -0.368 e. The molecule has 0 unspecified atom stereocenters. The molecule has 154 valence electrons. The largest absolute Gasteiger partial charge is 0.368 e. The van der Waals surface area contributed by atoms with Gasteiger partial charge in [-0.1, -0.05) is 18.2 Å². The van der Waals surface area contributed by atoms with Crippen LogP contribution < -0.4 is 11.5 Å². The Morgan fingerprint density at radius 3 is 1.79 bits per heavy atom. The summed E-state index contributed by atoms with van der Waals surface area (Å²) >= 11 is 0. The second-order valence-electron chi connectivity index (χ2n) is 6.48. The van der Waals surface area contributed by atoms with E-state index in [1.54, 1.807) is 36.4 Å². The van der Waals surface area contributed by atoms with Crippen molar-refractivity contribution < 1.29 is 16.8 Å². The summed E-state index contributed by atoms with van der Waals surface area (Å²) in [6.07, 6.45) is 2.20. The zero-order valence-electron chi connectivity index (χ0n) is 15.9. The van der Waals surface area contributed by atoms with Gasteiger partial charge in [0.15, 0.2) is 0 Å². The first-order valence-corrected chi connectivity index (χ1v) is 12.0. The molecule has 2 aromatic carbocycles. The molecule has 10 nitrogen and oxygen atoms in total. The van der Waals surface area contributed by atoms with E-state index in [-0.39, 0.29) is 11.9 Å². The number of fused-ring (bicyclic) bond motifs is 2. The molecule has 29 heavy (non-hydrogen) atoms. The Kier molecular flexibility index (Phi) is 5.01. The summed E-state index contributed by atoms with van der Waals surface area (Å²) in [5.74, 6) is -0.00759. The van der Waals surface area contributed by atoms with Crippen molar-refractivity contribution in [3.8, 4) is 0 Å². The maximum Gasteiger partial charge on any atom is 0.239 e. The van der Waals surface area contributed by atoms with Gasteiger partial charge in [0, 0.05) is 0 Å². The van der Waals surface area contributed by atoms with E-state index in [9.17, 15) is 16.8 Å². The number of para-hydroxylation sites is 2. The van der Waals surface area contributed by atoms with Gasteiger partial charge in [-0.05, 0) is 36.8 Å². The third-order valence-electron chi connectivity index (χ3n) is 4.00. The van der Waals surface area contributed by atoms with Gasteiger partial charge in [0.25, 0.3) is 0 Å². The summed E-state index contributed by atoms with van der Waals surface area (Å²) in [6.45, 7) is 1.88. The molecule has 0 radical (unpaired) electrons. The first-order valence-electron chi connectivity index (χ1n) is 8.28. The predicted molar refractivity (Wildman–Crippen MR) is 114 cm³/mol. The lowest BCUT2D eigenvalue weighted by atomic mass is 10.2. The molecule has 0 fully saturated rings. The maximum atomic E-state index is 11.5. The minimum atomic E-state index is -3.40. The Hall–Kier alpha value is -3.12. The number of imidazole rings is 2. The molecule has 0 saturated heterocycles. The molecule has 0 saturated carbocycles. The first-order chi connectivity index (χ1) is 13.4. The van der Waals surface area contributed by atoms with Crippen LogP contribution in [0.5, 0.6) is 0 Å². The third kappa shape index (κ3) is 4.03. The monoisotopic (exact) mass is 436 g/mol. The van der Waals surface area contributed by atoms with Crippen LogP contribution in [0.15, 0.2) is 42.5 Å². The summed E-state index contributed by atoms with van der Waals surface area (Å²) in [5.41, 5.74) is 14.2. The lowest BCUT2D eigenvalue weighted by Crippen LogP contribution is -2.12. The predicted octanol–water partition coefficient (Wildman–Crippen LogP) is 1.16. The molecule has 4 N–H and O–H groups in total. The van der Waals surface area contributed by atoms with Crippen molar-refractivity contribution in [3.05, 3.63) is 48.0 Å². The number of hydrogen-bond donors (Lipinski definition) is 2. The lowest BCUT2D eigenvalue weighted by molar-refractivity contribution is 0.593. The summed E-state index contributed by atoms with van der Waals surface area (Å²) < 4.78 is 47.8. The van der Waals surface area contributed by atoms with E-state index < -0.39 is 20.0 Å². The number of anilines is 2.